The number of amides is 2. The van der Waals surface area contributed by atoms with Gasteiger partial charge in [-0.05, 0) is 37.0 Å². The lowest BCUT2D eigenvalue weighted by Gasteiger charge is -2.31. The highest BCUT2D eigenvalue weighted by Gasteiger charge is 2.30. The van der Waals surface area contributed by atoms with Gasteiger partial charge < -0.3 is 10.2 Å². The first-order chi connectivity index (χ1) is 17.0. The molecule has 184 valence electrons. The zero-order valence-electron chi connectivity index (χ0n) is 21.0. The van der Waals surface area contributed by atoms with Gasteiger partial charge in [0.2, 0.25) is 11.8 Å². The number of hydrogen-bond acceptors (Lipinski definition) is 3. The molecule has 1 N–H and O–H groups in total. The number of carbonyl (C=O) groups excluding carboxylic acids is 2. The van der Waals surface area contributed by atoms with Crippen LogP contribution in [0.4, 0.5) is 0 Å². The summed E-state index contributed by atoms with van der Waals surface area (Å²) in [6.07, 6.45) is 1.33. The predicted molar refractivity (Wildman–Crippen MR) is 146 cm³/mol. The second-order valence-corrected chi connectivity index (χ2v) is 9.97. The van der Waals surface area contributed by atoms with E-state index in [4.69, 9.17) is 0 Å². The third kappa shape index (κ3) is 8.59. The number of thioether (sulfide) groups is 1. The molecule has 35 heavy (non-hydrogen) atoms. The highest BCUT2D eigenvalue weighted by atomic mass is 32.2. The third-order valence-electron chi connectivity index (χ3n) is 5.83. The molecule has 1 unspecified atom stereocenters. The number of nitrogens with one attached hydrogen (secondary N) is 1. The van der Waals surface area contributed by atoms with Crippen molar-refractivity contribution in [2.45, 2.75) is 52.0 Å². The molecular weight excluding hydrogens is 452 g/mol. The minimum atomic E-state index is -0.573. The Hall–Kier alpha value is -3.05. The molecule has 5 heteroatoms. The van der Waals surface area contributed by atoms with E-state index in [1.54, 1.807) is 16.7 Å². The van der Waals surface area contributed by atoms with Crippen LogP contribution in [0.5, 0.6) is 0 Å². The molecule has 0 saturated heterocycles. The molecule has 3 aromatic carbocycles. The van der Waals surface area contributed by atoms with Crippen LogP contribution >= 0.6 is 11.8 Å². The minimum absolute atomic E-state index is 0.0169. The van der Waals surface area contributed by atoms with E-state index in [1.165, 1.54) is 11.1 Å². The van der Waals surface area contributed by atoms with Crippen LogP contribution in [0.1, 0.15) is 41.2 Å². The molecule has 0 radical (unpaired) electrons. The van der Waals surface area contributed by atoms with E-state index in [1.807, 2.05) is 68.4 Å². The molecule has 0 aliphatic rings. The summed E-state index contributed by atoms with van der Waals surface area (Å²) in [6.45, 7) is 7.15. The molecule has 4 nitrogen and oxygen atoms in total. The van der Waals surface area contributed by atoms with Crippen molar-refractivity contribution in [2.75, 3.05) is 12.3 Å². The van der Waals surface area contributed by atoms with E-state index in [2.05, 4.69) is 36.5 Å². The molecule has 0 spiro atoms. The summed E-state index contributed by atoms with van der Waals surface area (Å²) in [4.78, 5) is 28.7. The minimum Gasteiger partial charge on any atom is -0.354 e. The van der Waals surface area contributed by atoms with Crippen LogP contribution in [0.2, 0.25) is 0 Å². The van der Waals surface area contributed by atoms with Gasteiger partial charge in [-0.25, -0.2) is 0 Å². The molecule has 1 atom stereocenters. The Kier molecular flexibility index (Phi) is 10.4. The van der Waals surface area contributed by atoms with Gasteiger partial charge in [-0.1, -0.05) is 96.9 Å². The van der Waals surface area contributed by atoms with Crippen molar-refractivity contribution < 1.29 is 9.59 Å². The maximum atomic E-state index is 13.6. The van der Waals surface area contributed by atoms with Crippen LogP contribution in [0.3, 0.4) is 0 Å². The van der Waals surface area contributed by atoms with Crippen LogP contribution in [-0.4, -0.2) is 35.1 Å². The average Bonchev–Trinajstić information content (AvgIpc) is 2.85. The van der Waals surface area contributed by atoms with Crippen molar-refractivity contribution in [1.29, 1.82) is 0 Å². The summed E-state index contributed by atoms with van der Waals surface area (Å²) >= 11 is 1.60. The first-order valence-corrected chi connectivity index (χ1v) is 13.4. The molecule has 3 aromatic rings. The maximum Gasteiger partial charge on any atom is 0.243 e. The number of benzene rings is 3. The molecule has 0 fully saturated rings. The zero-order chi connectivity index (χ0) is 25.0. The van der Waals surface area contributed by atoms with E-state index in [-0.39, 0.29) is 11.8 Å². The van der Waals surface area contributed by atoms with Crippen LogP contribution in [0.15, 0.2) is 78.9 Å². The van der Waals surface area contributed by atoms with Crippen molar-refractivity contribution in [3.63, 3.8) is 0 Å². The molecule has 0 aromatic heterocycles. The van der Waals surface area contributed by atoms with Crippen molar-refractivity contribution >= 4 is 23.6 Å². The van der Waals surface area contributed by atoms with E-state index >= 15 is 0 Å². The first-order valence-electron chi connectivity index (χ1n) is 12.3. The highest BCUT2D eigenvalue weighted by Crippen LogP contribution is 2.19. The third-order valence-corrected chi connectivity index (χ3v) is 6.82. The molecule has 3 rings (SSSR count). The Bertz CT molecular complexity index is 1100. The van der Waals surface area contributed by atoms with E-state index in [0.717, 1.165) is 28.9 Å². The SMILES string of the molecule is CCCNC(=O)C(Cc1ccccc1)N(Cc1cccc(C)c1)C(=O)CSCc1cccc(C)c1. The maximum absolute atomic E-state index is 13.6. The van der Waals surface area contributed by atoms with Crippen molar-refractivity contribution in [1.82, 2.24) is 10.2 Å². The standard InChI is InChI=1S/C30H36N2O2S/c1-4-16-31-30(34)28(19-25-12-6-5-7-13-25)32(20-26-14-8-10-23(2)17-26)29(33)22-35-21-27-15-9-11-24(3)18-27/h5-15,17-18,28H,4,16,19-22H2,1-3H3,(H,31,34). The number of hydrogen-bond donors (Lipinski definition) is 1. The zero-order valence-corrected chi connectivity index (χ0v) is 21.8. The summed E-state index contributed by atoms with van der Waals surface area (Å²) in [5.41, 5.74) is 5.63. The Labute approximate surface area is 214 Å². The second-order valence-electron chi connectivity index (χ2n) is 8.99. The molecular formula is C30H36N2O2S. The predicted octanol–water partition coefficient (Wildman–Crippen LogP) is 5.70. The van der Waals surface area contributed by atoms with Crippen LogP contribution in [0.25, 0.3) is 0 Å². The first kappa shape index (κ1) is 26.6. The Morgan fingerprint density at radius 3 is 2.14 bits per heavy atom. The average molecular weight is 489 g/mol. The van der Waals surface area contributed by atoms with Crippen LogP contribution in [0, 0.1) is 13.8 Å². The molecule has 2 amide bonds. The molecule has 0 heterocycles. The largest absolute Gasteiger partial charge is 0.354 e. The van der Waals surface area contributed by atoms with Gasteiger partial charge >= 0.3 is 0 Å². The van der Waals surface area contributed by atoms with Gasteiger partial charge in [0.1, 0.15) is 6.04 Å². The monoisotopic (exact) mass is 488 g/mol. The summed E-state index contributed by atoms with van der Waals surface area (Å²) in [6, 6.07) is 25.9. The molecule has 0 aliphatic heterocycles. The number of nitrogens with zero attached hydrogens (tertiary/aromatic N) is 1. The van der Waals surface area contributed by atoms with Crippen LogP contribution in [-0.2, 0) is 28.3 Å². The molecule has 0 bridgehead atoms. The summed E-state index contributed by atoms with van der Waals surface area (Å²) in [5, 5.41) is 3.03. The lowest BCUT2D eigenvalue weighted by Crippen LogP contribution is -2.51. The van der Waals surface area contributed by atoms with Crippen molar-refractivity contribution in [2.24, 2.45) is 0 Å². The van der Waals surface area contributed by atoms with Gasteiger partial charge in [-0.3, -0.25) is 9.59 Å². The number of rotatable bonds is 12. The Balaban J connectivity index is 1.83. The van der Waals surface area contributed by atoms with Crippen molar-refractivity contribution in [3.05, 3.63) is 107 Å². The van der Waals surface area contributed by atoms with Gasteiger partial charge in [-0.15, -0.1) is 11.8 Å². The van der Waals surface area contributed by atoms with Gasteiger partial charge in [0.15, 0.2) is 0 Å². The lowest BCUT2D eigenvalue weighted by molar-refractivity contribution is -0.139. The fourth-order valence-corrected chi connectivity index (χ4v) is 4.93. The van der Waals surface area contributed by atoms with Gasteiger partial charge in [0.05, 0.1) is 5.75 Å². The highest BCUT2D eigenvalue weighted by molar-refractivity contribution is 7.99. The normalized spacial score (nSPS) is 11.6. The van der Waals surface area contributed by atoms with E-state index in [9.17, 15) is 9.59 Å². The fraction of sp³-hybridized carbons (Fsp3) is 0.333. The molecule has 0 saturated carbocycles. The smallest absolute Gasteiger partial charge is 0.243 e. The quantitative estimate of drug-likeness (QED) is 0.356. The summed E-state index contributed by atoms with van der Waals surface area (Å²) in [7, 11) is 0. The lowest BCUT2D eigenvalue weighted by atomic mass is 10.0. The van der Waals surface area contributed by atoms with Gasteiger partial charge in [0.25, 0.3) is 0 Å². The van der Waals surface area contributed by atoms with E-state index < -0.39 is 6.04 Å². The van der Waals surface area contributed by atoms with Crippen LogP contribution < -0.4 is 5.32 Å². The fourth-order valence-electron chi connectivity index (χ4n) is 4.07. The van der Waals surface area contributed by atoms with Crippen molar-refractivity contribution in [3.8, 4) is 0 Å². The van der Waals surface area contributed by atoms with E-state index in [0.29, 0.717) is 25.3 Å². The summed E-state index contributed by atoms with van der Waals surface area (Å²) in [5.74, 6) is 0.973. The number of carbonyl (C=O) groups is 2. The number of aryl methyl sites for hydroxylation is 2. The second kappa shape index (κ2) is 13.7. The Morgan fingerprint density at radius 1 is 0.857 bits per heavy atom. The van der Waals surface area contributed by atoms with Gasteiger partial charge in [0, 0.05) is 25.3 Å². The summed E-state index contributed by atoms with van der Waals surface area (Å²) < 4.78 is 0. The topological polar surface area (TPSA) is 49.4 Å². The Morgan fingerprint density at radius 2 is 1.49 bits per heavy atom. The molecule has 0 aliphatic carbocycles. The van der Waals surface area contributed by atoms with Gasteiger partial charge in [-0.2, -0.15) is 0 Å².